The van der Waals surface area contributed by atoms with E-state index < -0.39 is 0 Å². The molecule has 0 aliphatic carbocycles. The average Bonchev–Trinajstić information content (AvgIpc) is 3.12. The summed E-state index contributed by atoms with van der Waals surface area (Å²) < 4.78 is 14.4. The highest BCUT2D eigenvalue weighted by atomic mass is 32.2. The number of thioether (sulfide) groups is 1. The van der Waals surface area contributed by atoms with Crippen molar-refractivity contribution in [3.8, 4) is 5.75 Å². The van der Waals surface area contributed by atoms with Crippen LogP contribution in [0.4, 0.5) is 15.8 Å². The third-order valence-electron chi connectivity index (χ3n) is 3.89. The Morgan fingerprint density at radius 1 is 1.21 bits per heavy atom. The summed E-state index contributed by atoms with van der Waals surface area (Å²) in [6.07, 6.45) is 1.60. The number of hydrogen-bond acceptors (Lipinski definition) is 7. The van der Waals surface area contributed by atoms with Gasteiger partial charge in [-0.25, -0.2) is 4.39 Å². The fourth-order valence-corrected chi connectivity index (χ4v) is 3.59. The maximum atomic E-state index is 12.8. The van der Waals surface area contributed by atoms with Crippen LogP contribution in [0.25, 0.3) is 0 Å². The lowest BCUT2D eigenvalue weighted by Gasteiger charge is -2.41. The van der Waals surface area contributed by atoms with Gasteiger partial charge in [0.1, 0.15) is 17.3 Å². The van der Waals surface area contributed by atoms with E-state index in [0.29, 0.717) is 16.5 Å². The minimum absolute atomic E-state index is 0.0696. The van der Waals surface area contributed by atoms with Crippen molar-refractivity contribution in [2.45, 2.75) is 13.8 Å². The van der Waals surface area contributed by atoms with E-state index in [-0.39, 0.29) is 17.1 Å². The fraction of sp³-hybridized carbons (Fsp3) is 0.333. The van der Waals surface area contributed by atoms with Crippen molar-refractivity contribution >= 4 is 41.1 Å². The lowest BCUT2D eigenvalue weighted by molar-refractivity contribution is 0.329. The van der Waals surface area contributed by atoms with Crippen molar-refractivity contribution in [2.24, 2.45) is 0 Å². The summed E-state index contributed by atoms with van der Waals surface area (Å²) in [5.74, 6) is 0.592. The highest BCUT2D eigenvalue weighted by molar-refractivity contribution is 8.14. The van der Waals surface area contributed by atoms with Gasteiger partial charge in [-0.15, -0.1) is 0 Å². The highest BCUT2D eigenvalue weighted by Crippen LogP contribution is 2.32. The lowest BCUT2D eigenvalue weighted by atomic mass is 10.2. The number of rotatable bonds is 2. The highest BCUT2D eigenvalue weighted by Gasteiger charge is 2.25. The molecule has 28 heavy (non-hydrogen) atoms. The van der Waals surface area contributed by atoms with E-state index in [2.05, 4.69) is 17.8 Å². The average molecular weight is 426 g/mol. The van der Waals surface area contributed by atoms with Gasteiger partial charge < -0.3 is 15.0 Å². The van der Waals surface area contributed by atoms with E-state index in [4.69, 9.17) is 5.41 Å². The lowest BCUT2D eigenvalue weighted by Crippen LogP contribution is -2.51. The first-order valence-corrected chi connectivity index (χ1v) is 10.2. The minimum Gasteiger partial charge on any atom is -0.506 e. The molecule has 4 rings (SSSR count). The molecule has 1 aromatic carbocycles. The van der Waals surface area contributed by atoms with Crippen LogP contribution in [0.2, 0.25) is 0 Å². The number of hydrazine groups is 1. The molecule has 0 amide bonds. The molecule has 2 saturated heterocycles. The van der Waals surface area contributed by atoms with Crippen LogP contribution < -0.4 is 15.5 Å². The summed E-state index contributed by atoms with van der Waals surface area (Å²) in [5.41, 5.74) is 0.897. The van der Waals surface area contributed by atoms with Crippen molar-refractivity contribution < 1.29 is 9.50 Å². The van der Waals surface area contributed by atoms with E-state index in [1.54, 1.807) is 32.7 Å². The Kier molecular flexibility index (Phi) is 8.21. The number of anilines is 2. The predicted molar refractivity (Wildman–Crippen MR) is 117 cm³/mol. The van der Waals surface area contributed by atoms with Crippen LogP contribution in [0.1, 0.15) is 13.8 Å². The first-order valence-electron chi connectivity index (χ1n) is 8.86. The molecular formula is C18H24FN5O2S2. The quantitative estimate of drug-likeness (QED) is 0.553. The van der Waals surface area contributed by atoms with Crippen LogP contribution in [-0.2, 0) is 0 Å². The zero-order valence-electron chi connectivity index (χ0n) is 15.7. The molecule has 2 aliphatic rings. The van der Waals surface area contributed by atoms with Gasteiger partial charge in [-0.3, -0.25) is 15.2 Å². The Morgan fingerprint density at radius 3 is 2.50 bits per heavy atom. The van der Waals surface area contributed by atoms with Crippen molar-refractivity contribution in [1.82, 2.24) is 9.40 Å². The van der Waals surface area contributed by atoms with E-state index in [9.17, 15) is 14.3 Å². The molecule has 0 unspecified atom stereocenters. The van der Waals surface area contributed by atoms with Gasteiger partial charge in [0, 0.05) is 31.1 Å². The number of benzene rings is 1. The van der Waals surface area contributed by atoms with E-state index in [1.165, 1.54) is 30.0 Å². The van der Waals surface area contributed by atoms with Crippen molar-refractivity contribution in [3.63, 3.8) is 0 Å². The number of hydrogen-bond donors (Lipinski definition) is 4. The second kappa shape index (κ2) is 10.4. The van der Waals surface area contributed by atoms with Crippen molar-refractivity contribution in [3.05, 3.63) is 52.7 Å². The number of pyridine rings is 1. The number of amidine groups is 1. The first-order chi connectivity index (χ1) is 13.5. The molecule has 0 radical (unpaired) electrons. The van der Waals surface area contributed by atoms with E-state index in [1.807, 2.05) is 13.8 Å². The van der Waals surface area contributed by atoms with E-state index >= 15 is 0 Å². The van der Waals surface area contributed by atoms with Crippen molar-refractivity contribution in [1.29, 1.82) is 5.41 Å². The maximum absolute atomic E-state index is 12.8. The molecule has 1 aromatic heterocycles. The van der Waals surface area contributed by atoms with Crippen LogP contribution in [0, 0.1) is 11.2 Å². The van der Waals surface area contributed by atoms with Crippen LogP contribution in [0.15, 0.2) is 41.3 Å². The van der Waals surface area contributed by atoms with Gasteiger partial charge in [-0.2, -0.15) is 4.41 Å². The summed E-state index contributed by atoms with van der Waals surface area (Å²) in [6.45, 7) is 6.30. The predicted octanol–water partition coefficient (Wildman–Crippen LogP) is 3.30. The van der Waals surface area contributed by atoms with Gasteiger partial charge in [-0.05, 0) is 24.3 Å². The van der Waals surface area contributed by atoms with Gasteiger partial charge in [0.15, 0.2) is 5.17 Å². The van der Waals surface area contributed by atoms with Gasteiger partial charge in [-0.1, -0.05) is 38.4 Å². The Labute approximate surface area is 173 Å². The number of H-pyrrole nitrogens is 1. The van der Waals surface area contributed by atoms with Gasteiger partial charge >= 0.3 is 0 Å². The molecule has 3 N–H and O–H groups in total. The Hall–Kier alpha value is -2.17. The molecule has 0 atom stereocenters. The molecule has 3 heterocycles. The Morgan fingerprint density at radius 2 is 1.96 bits per heavy atom. The molecule has 0 saturated carbocycles. The summed E-state index contributed by atoms with van der Waals surface area (Å²) >= 11 is 5.56. The van der Waals surface area contributed by atoms with Crippen LogP contribution in [0.5, 0.6) is 5.75 Å². The fourth-order valence-electron chi connectivity index (χ4n) is 2.51. The standard InChI is InChI=1S/C8H9FN2OS.C8H9N3OS.C2H6/c9-6-1-2-8(12)7(5-6)10-3-4-11(10)13;9-8-11(4-5-13-8)6-2-1-3-10-7(6)12;1-2/h1-2,5,12-13H,3-4H2;1-3,9H,4-5H2,(H,10,12);1-2H3. The molecule has 2 aromatic rings. The molecule has 2 fully saturated rings. The number of halogens is 1. The third-order valence-corrected chi connectivity index (χ3v) is 5.19. The largest absolute Gasteiger partial charge is 0.506 e. The number of aromatic amines is 1. The monoisotopic (exact) mass is 425 g/mol. The Bertz CT molecular complexity index is 864. The normalized spacial score (nSPS) is 15.9. The van der Waals surface area contributed by atoms with Gasteiger partial charge in [0.2, 0.25) is 0 Å². The minimum atomic E-state index is -0.360. The Balaban J connectivity index is 0.000000184. The summed E-state index contributed by atoms with van der Waals surface area (Å²) in [7, 11) is 0. The van der Waals surface area contributed by atoms with Crippen molar-refractivity contribution in [2.75, 3.05) is 35.3 Å². The number of aromatic hydroxyl groups is 1. The topological polar surface area (TPSA) is 86.7 Å². The maximum Gasteiger partial charge on any atom is 0.271 e. The number of phenolic OH excluding ortho intramolecular Hbond substituents is 1. The van der Waals surface area contributed by atoms with E-state index in [0.717, 1.165) is 25.4 Å². The molecule has 10 heteroatoms. The molecule has 152 valence electrons. The number of phenols is 1. The summed E-state index contributed by atoms with van der Waals surface area (Å²) in [4.78, 5) is 15.7. The molecule has 2 aliphatic heterocycles. The SMILES string of the molecule is CC.N=C1SCCN1c1ccc[nH]c1=O.Oc1ccc(F)cc1N1CCN1S. The third kappa shape index (κ3) is 5.21. The molecule has 0 spiro atoms. The smallest absolute Gasteiger partial charge is 0.271 e. The van der Waals surface area contributed by atoms with Gasteiger partial charge in [0.25, 0.3) is 5.56 Å². The number of thiol groups is 1. The van der Waals surface area contributed by atoms with Crippen LogP contribution >= 0.6 is 24.6 Å². The van der Waals surface area contributed by atoms with Crippen LogP contribution in [0.3, 0.4) is 0 Å². The second-order valence-electron chi connectivity index (χ2n) is 5.54. The molecular weight excluding hydrogens is 401 g/mol. The molecule has 7 nitrogen and oxygen atoms in total. The summed E-state index contributed by atoms with van der Waals surface area (Å²) in [5, 5.41) is 19.1. The molecule has 0 bridgehead atoms. The number of nitrogens with zero attached hydrogens (tertiary/aromatic N) is 3. The van der Waals surface area contributed by atoms with Crippen LogP contribution in [-0.4, -0.2) is 45.1 Å². The summed E-state index contributed by atoms with van der Waals surface area (Å²) in [6, 6.07) is 7.36. The number of aromatic nitrogens is 1. The zero-order valence-corrected chi connectivity index (χ0v) is 17.4. The second-order valence-corrected chi connectivity index (χ2v) is 7.09. The number of nitrogens with one attached hydrogen (secondary N) is 2. The van der Waals surface area contributed by atoms with Gasteiger partial charge in [0.05, 0.1) is 12.2 Å². The zero-order chi connectivity index (χ0) is 20.7. The first kappa shape index (κ1) is 22.1.